The van der Waals surface area contributed by atoms with E-state index in [1.165, 1.54) is 0 Å². The van der Waals surface area contributed by atoms with Crippen LogP contribution in [0.5, 0.6) is 0 Å². The molecule has 4 aliphatic heterocycles. The molecule has 0 aromatic heterocycles. The molecule has 22 heteroatoms. The molecule has 0 aromatic carbocycles. The molecule has 13 N–H and O–H groups in total. The fourth-order valence-electron chi connectivity index (χ4n) is 6.20. The Balaban J connectivity index is 1.38. The molecule has 0 saturated carbocycles. The van der Waals surface area contributed by atoms with E-state index in [9.17, 15) is 66.4 Å². The van der Waals surface area contributed by atoms with Crippen molar-refractivity contribution < 1.29 is 104 Å². The van der Waals surface area contributed by atoms with E-state index in [1.807, 2.05) is 0 Å². The molecule has 0 aromatic rings. The number of hydrogen-bond donors (Lipinski definition) is 14. The van der Waals surface area contributed by atoms with Crippen LogP contribution in [0.25, 0.3) is 0 Å². The number of aliphatic hydroxyl groups is 13. The van der Waals surface area contributed by atoms with E-state index in [1.54, 1.807) is 0 Å². The average Bonchev–Trinajstić information content (AvgIpc) is 3.14. The van der Waals surface area contributed by atoms with Crippen molar-refractivity contribution in [2.45, 2.75) is 149 Å². The quantitative estimate of drug-likeness (QED) is 0.0481. The Hall–Kier alpha value is -0.490. The van der Waals surface area contributed by atoms with Gasteiger partial charge in [0.05, 0.1) is 26.4 Å². The van der Waals surface area contributed by atoms with Crippen LogP contribution in [0.3, 0.4) is 0 Å². The number of thiol groups is 1. The molecule has 0 radical (unpaired) electrons. The van der Waals surface area contributed by atoms with E-state index in [2.05, 4.69) is 12.6 Å². The van der Waals surface area contributed by atoms with Crippen LogP contribution in [0.4, 0.5) is 0 Å². The molecule has 4 saturated heterocycles. The van der Waals surface area contributed by atoms with Gasteiger partial charge in [-0.25, -0.2) is 0 Å². The lowest BCUT2D eigenvalue weighted by atomic mass is 9.97. The summed E-state index contributed by atoms with van der Waals surface area (Å²) < 4.78 is 44.5. The van der Waals surface area contributed by atoms with Crippen LogP contribution in [-0.4, -0.2) is 228 Å². The number of ether oxygens (including phenoxy) is 8. The first-order valence-corrected chi connectivity index (χ1v) is 17.8. The van der Waals surface area contributed by atoms with Crippen molar-refractivity contribution in [3.8, 4) is 0 Å². The van der Waals surface area contributed by atoms with Crippen molar-refractivity contribution in [1.29, 1.82) is 0 Å². The molecule has 4 fully saturated rings. The minimum absolute atomic E-state index is 0.190. The van der Waals surface area contributed by atoms with Crippen molar-refractivity contribution >= 4 is 12.6 Å². The van der Waals surface area contributed by atoms with Gasteiger partial charge >= 0.3 is 0 Å². The number of aliphatic hydroxyl groups excluding tert-OH is 13. The largest absolute Gasteiger partial charge is 0.394 e. The monoisotopic (exact) mass is 782 g/mol. The van der Waals surface area contributed by atoms with Crippen molar-refractivity contribution in [3.63, 3.8) is 0 Å². The molecule has 0 unspecified atom stereocenters. The van der Waals surface area contributed by atoms with Crippen molar-refractivity contribution in [2.75, 3.05) is 38.8 Å². The summed E-state index contributed by atoms with van der Waals surface area (Å²) in [7, 11) is 0. The molecule has 0 aliphatic carbocycles. The van der Waals surface area contributed by atoms with Gasteiger partial charge in [0.1, 0.15) is 97.7 Å². The molecule has 306 valence electrons. The zero-order chi connectivity index (χ0) is 38.3. The highest BCUT2D eigenvalue weighted by Gasteiger charge is 2.52. The van der Waals surface area contributed by atoms with Crippen LogP contribution < -0.4 is 0 Å². The summed E-state index contributed by atoms with van der Waals surface area (Å²) in [6.45, 7) is -2.67. The zero-order valence-corrected chi connectivity index (χ0v) is 29.0. The molecule has 0 spiro atoms. The van der Waals surface area contributed by atoms with Crippen LogP contribution >= 0.6 is 12.6 Å². The molecule has 4 heterocycles. The summed E-state index contributed by atoms with van der Waals surface area (Å²) in [5, 5.41) is 134. The minimum atomic E-state index is -1.91. The van der Waals surface area contributed by atoms with Gasteiger partial charge in [0.25, 0.3) is 0 Å². The predicted octanol–water partition coefficient (Wildman–Crippen LogP) is -7.23. The highest BCUT2D eigenvalue weighted by Crippen LogP contribution is 2.31. The van der Waals surface area contributed by atoms with Gasteiger partial charge in [0.2, 0.25) is 0 Å². The van der Waals surface area contributed by atoms with Gasteiger partial charge < -0.3 is 104 Å². The maximum atomic E-state index is 10.8. The summed E-state index contributed by atoms with van der Waals surface area (Å²) in [4.78, 5) is 0. The zero-order valence-electron chi connectivity index (χ0n) is 28.1. The van der Waals surface area contributed by atoms with Gasteiger partial charge in [-0.2, -0.15) is 12.6 Å². The number of unbranched alkanes of at least 4 members (excludes halogenated alkanes) is 3. The summed E-state index contributed by atoms with van der Waals surface area (Å²) in [6.07, 6.45) is -30.2. The second-order valence-corrected chi connectivity index (χ2v) is 13.7. The van der Waals surface area contributed by atoms with E-state index in [4.69, 9.17) is 37.9 Å². The maximum Gasteiger partial charge on any atom is 0.187 e. The molecule has 0 amide bonds. The van der Waals surface area contributed by atoms with Crippen molar-refractivity contribution in [1.82, 2.24) is 0 Å². The second-order valence-electron chi connectivity index (χ2n) is 13.2. The first-order chi connectivity index (χ1) is 24.7. The van der Waals surface area contributed by atoms with Gasteiger partial charge in [0, 0.05) is 6.61 Å². The highest BCUT2D eigenvalue weighted by atomic mass is 32.1. The van der Waals surface area contributed by atoms with Gasteiger partial charge in [0.15, 0.2) is 25.2 Å². The lowest BCUT2D eigenvalue weighted by Crippen LogP contribution is -2.65. The molecule has 0 bridgehead atoms. The maximum absolute atomic E-state index is 10.8. The topological polar surface area (TPSA) is 337 Å². The summed E-state index contributed by atoms with van der Waals surface area (Å²) in [5.41, 5.74) is 0. The minimum Gasteiger partial charge on any atom is -0.394 e. The third kappa shape index (κ3) is 10.5. The fraction of sp³-hybridized carbons (Fsp3) is 1.00. The van der Waals surface area contributed by atoms with Crippen LogP contribution in [0, 0.1) is 0 Å². The molecular formula is C30H54O21S. The Kier molecular flexibility index (Phi) is 17.5. The van der Waals surface area contributed by atoms with Crippen molar-refractivity contribution in [3.05, 3.63) is 0 Å². The van der Waals surface area contributed by atoms with Gasteiger partial charge in [-0.05, 0) is 18.6 Å². The normalized spacial score (nSPS) is 47.4. The van der Waals surface area contributed by atoms with Crippen LogP contribution in [0.2, 0.25) is 0 Å². The summed E-state index contributed by atoms with van der Waals surface area (Å²) >= 11 is 4.16. The molecule has 4 aliphatic rings. The van der Waals surface area contributed by atoms with Gasteiger partial charge in [-0.3, -0.25) is 0 Å². The van der Waals surface area contributed by atoms with E-state index in [-0.39, 0.29) is 6.61 Å². The Morgan fingerprint density at radius 3 is 1.33 bits per heavy atom. The second kappa shape index (κ2) is 20.6. The highest BCUT2D eigenvalue weighted by molar-refractivity contribution is 7.80. The van der Waals surface area contributed by atoms with Gasteiger partial charge in [-0.15, -0.1) is 0 Å². The Morgan fingerprint density at radius 1 is 0.404 bits per heavy atom. The van der Waals surface area contributed by atoms with Crippen molar-refractivity contribution in [2.24, 2.45) is 0 Å². The number of rotatable bonds is 17. The molecule has 4 rings (SSSR count). The third-order valence-corrected chi connectivity index (χ3v) is 9.80. The Bertz CT molecular complexity index is 1040. The smallest absolute Gasteiger partial charge is 0.187 e. The first kappa shape index (κ1) is 44.2. The molecular weight excluding hydrogens is 728 g/mol. The van der Waals surface area contributed by atoms with E-state index in [0.29, 0.717) is 6.42 Å². The molecule has 21 nitrogen and oxygen atoms in total. The first-order valence-electron chi connectivity index (χ1n) is 17.2. The van der Waals surface area contributed by atoms with Crippen LogP contribution in [-0.2, 0) is 37.9 Å². The SMILES string of the molecule is OC[C@H]1O[C@H](O[C@@H]2[C@@H](OC[C@H]3O[C@H](OC[C@H]4O[C@H](OCCCCCCS)[C@@H](O)[C@@H](O)[C@@H]4O)[C@@H](O)[C@@H](O)[C@@H]3O)O[C@H](CO)[C@@H](O)[C@@H]2O)[C@@H](O)[C@@H](O)[C@@H]1O. The lowest BCUT2D eigenvalue weighted by molar-refractivity contribution is -0.374. The van der Waals surface area contributed by atoms with E-state index < -0.39 is 149 Å². The summed E-state index contributed by atoms with van der Waals surface area (Å²) in [6, 6.07) is 0. The van der Waals surface area contributed by atoms with Crippen LogP contribution in [0.15, 0.2) is 0 Å². The Labute approximate surface area is 304 Å². The van der Waals surface area contributed by atoms with Crippen LogP contribution in [0.1, 0.15) is 25.7 Å². The average molecular weight is 783 g/mol. The molecule has 20 atom stereocenters. The lowest BCUT2D eigenvalue weighted by Gasteiger charge is -2.46. The number of hydrogen-bond acceptors (Lipinski definition) is 22. The van der Waals surface area contributed by atoms with E-state index >= 15 is 0 Å². The predicted molar refractivity (Wildman–Crippen MR) is 170 cm³/mol. The van der Waals surface area contributed by atoms with Gasteiger partial charge in [-0.1, -0.05) is 12.8 Å². The Morgan fingerprint density at radius 2 is 0.808 bits per heavy atom. The van der Waals surface area contributed by atoms with E-state index in [0.717, 1.165) is 25.0 Å². The fourth-order valence-corrected chi connectivity index (χ4v) is 6.42. The molecule has 52 heavy (non-hydrogen) atoms. The summed E-state index contributed by atoms with van der Waals surface area (Å²) in [5.74, 6) is 0.749. The standard InChI is InChI=1S/C30H54O21S/c31-7-11-15(33)19(37)25(43)29(47-11)51-26-22(40)16(34)12(8-32)48-30(26)46-10-14-18(36)21(39)24(42)28(50-14)45-9-13-17(35)20(38)23(41)27(49-13)44-5-3-1-2-4-6-52/h11-43,52H,1-10H2/t11-,12-,13-,14-,15-,16-,17-,18-,19+,20+,21+,22+,23+,24+,25+,26+,27+,28+,29-,30+/m1/s1. The third-order valence-electron chi connectivity index (χ3n) is 9.49.